The third kappa shape index (κ3) is 4.40. The zero-order valence-corrected chi connectivity index (χ0v) is 12.0. The Bertz CT molecular complexity index is 386. The molecule has 1 atom stereocenters. The number of ether oxygens (including phenoxy) is 1. The van der Waals surface area contributed by atoms with Crippen LogP contribution >= 0.6 is 12.4 Å². The fraction of sp³-hybridized carbons (Fsp3) is 0.500. The van der Waals surface area contributed by atoms with Crippen molar-refractivity contribution in [2.24, 2.45) is 0 Å². The normalized spacial score (nSPS) is 18.6. The van der Waals surface area contributed by atoms with Gasteiger partial charge in [0.1, 0.15) is 6.61 Å². The molecule has 106 valence electrons. The van der Waals surface area contributed by atoms with Crippen molar-refractivity contribution < 1.29 is 9.53 Å². The largest absolute Gasteiger partial charge is 0.445 e. The second kappa shape index (κ2) is 8.02. The first kappa shape index (κ1) is 15.8. The van der Waals surface area contributed by atoms with Gasteiger partial charge < -0.3 is 15.0 Å². The van der Waals surface area contributed by atoms with Crippen molar-refractivity contribution in [2.75, 3.05) is 19.6 Å². The van der Waals surface area contributed by atoms with Crippen LogP contribution in [-0.2, 0) is 11.3 Å². The Morgan fingerprint density at radius 2 is 2.16 bits per heavy atom. The smallest absolute Gasteiger partial charge is 0.410 e. The lowest BCUT2D eigenvalue weighted by Crippen LogP contribution is -2.53. The van der Waals surface area contributed by atoms with Gasteiger partial charge in [0, 0.05) is 25.7 Å². The summed E-state index contributed by atoms with van der Waals surface area (Å²) in [6.45, 7) is 4.87. The van der Waals surface area contributed by atoms with E-state index in [1.807, 2.05) is 35.2 Å². The number of nitrogens with zero attached hydrogens (tertiary/aromatic N) is 1. The molecule has 0 unspecified atom stereocenters. The summed E-state index contributed by atoms with van der Waals surface area (Å²) < 4.78 is 5.36. The highest BCUT2D eigenvalue weighted by Crippen LogP contribution is 2.10. The van der Waals surface area contributed by atoms with Gasteiger partial charge in [-0.3, -0.25) is 0 Å². The molecular weight excluding hydrogens is 264 g/mol. The molecule has 0 aliphatic carbocycles. The van der Waals surface area contributed by atoms with Crippen molar-refractivity contribution in [2.45, 2.75) is 26.0 Å². The van der Waals surface area contributed by atoms with Crippen LogP contribution in [0.25, 0.3) is 0 Å². The van der Waals surface area contributed by atoms with Gasteiger partial charge in [-0.05, 0) is 12.0 Å². The minimum atomic E-state index is -0.202. The zero-order valence-electron chi connectivity index (χ0n) is 11.2. The van der Waals surface area contributed by atoms with Crippen molar-refractivity contribution >= 4 is 18.5 Å². The lowest BCUT2D eigenvalue weighted by molar-refractivity contribution is 0.0713. The fourth-order valence-corrected chi connectivity index (χ4v) is 2.17. The lowest BCUT2D eigenvalue weighted by Gasteiger charge is -2.34. The summed E-state index contributed by atoms with van der Waals surface area (Å²) >= 11 is 0. The summed E-state index contributed by atoms with van der Waals surface area (Å²) in [6.07, 6.45) is 0.750. The summed E-state index contributed by atoms with van der Waals surface area (Å²) in [4.78, 5) is 13.8. The molecule has 1 aromatic carbocycles. The lowest BCUT2D eigenvalue weighted by atomic mass is 10.1. The number of hydrogen-bond acceptors (Lipinski definition) is 3. The number of carbonyl (C=O) groups is 1. The monoisotopic (exact) mass is 284 g/mol. The van der Waals surface area contributed by atoms with Gasteiger partial charge in [0.25, 0.3) is 0 Å². The topological polar surface area (TPSA) is 41.6 Å². The van der Waals surface area contributed by atoms with E-state index in [0.29, 0.717) is 6.61 Å². The van der Waals surface area contributed by atoms with Crippen LogP contribution in [0, 0.1) is 0 Å². The number of amides is 1. The molecule has 1 heterocycles. The van der Waals surface area contributed by atoms with Gasteiger partial charge in [0.2, 0.25) is 0 Å². The molecule has 1 amide bonds. The average molecular weight is 285 g/mol. The van der Waals surface area contributed by atoms with Crippen LogP contribution in [-0.4, -0.2) is 36.7 Å². The van der Waals surface area contributed by atoms with E-state index in [9.17, 15) is 4.79 Å². The summed E-state index contributed by atoms with van der Waals surface area (Å²) in [6, 6.07) is 10.0. The zero-order chi connectivity index (χ0) is 12.8. The van der Waals surface area contributed by atoms with E-state index >= 15 is 0 Å². The number of benzene rings is 1. The average Bonchev–Trinajstić information content (AvgIpc) is 2.45. The van der Waals surface area contributed by atoms with Crippen LogP contribution < -0.4 is 5.32 Å². The molecule has 0 aromatic heterocycles. The molecule has 0 spiro atoms. The number of carbonyl (C=O) groups excluding carboxylic acids is 1. The molecule has 0 saturated carbocycles. The fourth-order valence-electron chi connectivity index (χ4n) is 2.17. The molecule has 4 nitrogen and oxygen atoms in total. The Morgan fingerprint density at radius 1 is 1.42 bits per heavy atom. The van der Waals surface area contributed by atoms with Gasteiger partial charge in [-0.1, -0.05) is 37.3 Å². The SMILES string of the molecule is CC[C@@H]1CNCCN1C(=O)OCc1ccccc1.Cl. The van der Waals surface area contributed by atoms with Crippen LogP contribution in [0.1, 0.15) is 18.9 Å². The van der Waals surface area contributed by atoms with Crippen molar-refractivity contribution in [3.05, 3.63) is 35.9 Å². The third-order valence-electron chi connectivity index (χ3n) is 3.26. The number of rotatable bonds is 3. The quantitative estimate of drug-likeness (QED) is 0.927. The van der Waals surface area contributed by atoms with E-state index in [2.05, 4.69) is 12.2 Å². The number of piperazine rings is 1. The van der Waals surface area contributed by atoms with E-state index in [4.69, 9.17) is 4.74 Å². The molecule has 1 aliphatic rings. The standard InChI is InChI=1S/C14H20N2O2.ClH/c1-2-13-10-15-8-9-16(13)14(17)18-11-12-6-4-3-5-7-12;/h3-7,13,15H,2,8-11H2,1H3;1H/t13-;/m1./s1. The number of hydrogen-bond donors (Lipinski definition) is 1. The van der Waals surface area contributed by atoms with Crippen molar-refractivity contribution in [3.63, 3.8) is 0 Å². The van der Waals surface area contributed by atoms with Crippen LogP contribution in [0.3, 0.4) is 0 Å². The molecule has 1 N–H and O–H groups in total. The highest BCUT2D eigenvalue weighted by atomic mass is 35.5. The minimum Gasteiger partial charge on any atom is -0.445 e. The highest BCUT2D eigenvalue weighted by molar-refractivity contribution is 5.85. The maximum Gasteiger partial charge on any atom is 0.410 e. The Hall–Kier alpha value is -1.26. The second-order valence-corrected chi connectivity index (χ2v) is 4.50. The van der Waals surface area contributed by atoms with E-state index in [-0.39, 0.29) is 24.5 Å². The molecule has 1 aliphatic heterocycles. The highest BCUT2D eigenvalue weighted by Gasteiger charge is 2.26. The van der Waals surface area contributed by atoms with Gasteiger partial charge in [-0.2, -0.15) is 0 Å². The van der Waals surface area contributed by atoms with Gasteiger partial charge in [0.15, 0.2) is 0 Å². The maximum atomic E-state index is 12.0. The molecule has 2 rings (SSSR count). The summed E-state index contributed by atoms with van der Waals surface area (Å²) in [7, 11) is 0. The minimum absolute atomic E-state index is 0. The van der Waals surface area contributed by atoms with Crippen LogP contribution in [0.5, 0.6) is 0 Å². The van der Waals surface area contributed by atoms with Gasteiger partial charge >= 0.3 is 6.09 Å². The second-order valence-electron chi connectivity index (χ2n) is 4.50. The molecule has 5 heteroatoms. The van der Waals surface area contributed by atoms with Gasteiger partial charge in [-0.25, -0.2) is 4.79 Å². The van der Waals surface area contributed by atoms with E-state index in [0.717, 1.165) is 31.6 Å². The molecular formula is C14H21ClN2O2. The van der Waals surface area contributed by atoms with Crippen molar-refractivity contribution in [3.8, 4) is 0 Å². The third-order valence-corrected chi connectivity index (χ3v) is 3.26. The first-order chi connectivity index (χ1) is 8.81. The summed E-state index contributed by atoms with van der Waals surface area (Å²) in [5.74, 6) is 0. The van der Waals surface area contributed by atoms with Crippen LogP contribution in [0.15, 0.2) is 30.3 Å². The molecule has 19 heavy (non-hydrogen) atoms. The van der Waals surface area contributed by atoms with E-state index < -0.39 is 0 Å². The number of halogens is 1. The van der Waals surface area contributed by atoms with E-state index in [1.54, 1.807) is 0 Å². The van der Waals surface area contributed by atoms with Crippen molar-refractivity contribution in [1.82, 2.24) is 10.2 Å². The van der Waals surface area contributed by atoms with Gasteiger partial charge in [-0.15, -0.1) is 12.4 Å². The van der Waals surface area contributed by atoms with Crippen LogP contribution in [0.2, 0.25) is 0 Å². The summed E-state index contributed by atoms with van der Waals surface area (Å²) in [5.41, 5.74) is 1.02. The molecule has 0 radical (unpaired) electrons. The van der Waals surface area contributed by atoms with Crippen LogP contribution in [0.4, 0.5) is 4.79 Å². The molecule has 1 aromatic rings. The predicted molar refractivity (Wildman–Crippen MR) is 77.5 cm³/mol. The Balaban J connectivity index is 0.00000180. The predicted octanol–water partition coefficient (Wildman–Crippen LogP) is 2.43. The van der Waals surface area contributed by atoms with E-state index in [1.165, 1.54) is 0 Å². The Morgan fingerprint density at radius 3 is 2.84 bits per heavy atom. The molecule has 1 saturated heterocycles. The van der Waals surface area contributed by atoms with Crippen molar-refractivity contribution in [1.29, 1.82) is 0 Å². The Labute approximate surface area is 120 Å². The van der Waals surface area contributed by atoms with Gasteiger partial charge in [0.05, 0.1) is 0 Å². The number of nitrogens with one attached hydrogen (secondary N) is 1. The molecule has 0 bridgehead atoms. The summed E-state index contributed by atoms with van der Waals surface area (Å²) in [5, 5.41) is 3.29. The first-order valence-electron chi connectivity index (χ1n) is 6.49. The molecule has 1 fully saturated rings. The Kier molecular flexibility index (Phi) is 6.67. The maximum absolute atomic E-state index is 12.0. The first-order valence-corrected chi connectivity index (χ1v) is 6.49.